The summed E-state index contributed by atoms with van der Waals surface area (Å²) in [4.78, 5) is 8.67. The van der Waals surface area contributed by atoms with E-state index < -0.39 is 5.82 Å². The highest BCUT2D eigenvalue weighted by molar-refractivity contribution is 9.10. The largest absolute Gasteiger partial charge is 0.439 e. The Bertz CT molecular complexity index is 644. The quantitative estimate of drug-likeness (QED) is 0.698. The number of halogens is 3. The molecule has 2 rings (SSSR count). The van der Waals surface area contributed by atoms with Crippen LogP contribution in [0.4, 0.5) is 4.39 Å². The molecule has 0 N–H and O–H groups in total. The Balaban J connectivity index is 2.33. The molecule has 0 unspecified atom stereocenters. The second-order valence-corrected chi connectivity index (χ2v) is 6.50. The van der Waals surface area contributed by atoms with Gasteiger partial charge in [-0.3, -0.25) is 0 Å². The molecule has 2 aromatic rings. The van der Waals surface area contributed by atoms with Crippen molar-refractivity contribution in [1.29, 1.82) is 0 Å². The van der Waals surface area contributed by atoms with Crippen LogP contribution < -0.4 is 4.74 Å². The van der Waals surface area contributed by atoms with Crippen LogP contribution >= 0.6 is 27.5 Å². The van der Waals surface area contributed by atoms with Gasteiger partial charge in [0.15, 0.2) is 0 Å². The van der Waals surface area contributed by atoms with Gasteiger partial charge >= 0.3 is 0 Å². The summed E-state index contributed by atoms with van der Waals surface area (Å²) in [6.07, 6.45) is 0. The summed E-state index contributed by atoms with van der Waals surface area (Å²) in [6.45, 7) is 6.02. The van der Waals surface area contributed by atoms with E-state index in [0.29, 0.717) is 22.1 Å². The SMILES string of the molecule is CC(C)(C)c1nc(Br)cc(Oc2ccc(F)c(Cl)c2)n1. The zero-order chi connectivity index (χ0) is 14.9. The summed E-state index contributed by atoms with van der Waals surface area (Å²) in [7, 11) is 0. The van der Waals surface area contributed by atoms with E-state index in [2.05, 4.69) is 25.9 Å². The van der Waals surface area contributed by atoms with Crippen LogP contribution in [0.15, 0.2) is 28.9 Å². The summed E-state index contributed by atoms with van der Waals surface area (Å²) in [5, 5.41) is 0.00617. The molecule has 0 saturated carbocycles. The average Bonchev–Trinajstić information content (AvgIpc) is 2.32. The molecule has 0 spiro atoms. The van der Waals surface area contributed by atoms with Crippen molar-refractivity contribution in [2.45, 2.75) is 26.2 Å². The molecule has 1 heterocycles. The van der Waals surface area contributed by atoms with Gasteiger partial charge in [0.2, 0.25) is 5.88 Å². The number of rotatable bonds is 2. The number of ether oxygens (including phenoxy) is 1. The molecule has 0 atom stereocenters. The standard InChI is InChI=1S/C14H13BrClFN2O/c1-14(2,3)13-18-11(15)7-12(19-13)20-8-4-5-10(17)9(16)6-8/h4-7H,1-3H3. The topological polar surface area (TPSA) is 35.0 Å². The van der Waals surface area contributed by atoms with Gasteiger partial charge in [-0.2, -0.15) is 4.98 Å². The first kappa shape index (κ1) is 15.2. The Hall–Kier alpha value is -1.20. The Morgan fingerprint density at radius 1 is 1.20 bits per heavy atom. The van der Waals surface area contributed by atoms with Crippen LogP contribution in [0.5, 0.6) is 11.6 Å². The fourth-order valence-electron chi connectivity index (χ4n) is 1.45. The third-order valence-corrected chi connectivity index (χ3v) is 3.15. The van der Waals surface area contributed by atoms with Crippen LogP contribution in [-0.4, -0.2) is 9.97 Å². The zero-order valence-electron chi connectivity index (χ0n) is 11.2. The average molecular weight is 360 g/mol. The molecule has 3 nitrogen and oxygen atoms in total. The predicted octanol–water partition coefficient (Wildman–Crippen LogP) is 5.12. The Labute approximate surface area is 130 Å². The molecular weight excluding hydrogens is 347 g/mol. The molecule has 106 valence electrons. The fraction of sp³-hybridized carbons (Fsp3) is 0.286. The van der Waals surface area contributed by atoms with Crippen molar-refractivity contribution in [1.82, 2.24) is 9.97 Å². The lowest BCUT2D eigenvalue weighted by Crippen LogP contribution is -2.16. The number of hydrogen-bond donors (Lipinski definition) is 0. The van der Waals surface area contributed by atoms with E-state index in [1.165, 1.54) is 18.2 Å². The van der Waals surface area contributed by atoms with Gasteiger partial charge < -0.3 is 4.74 Å². The smallest absolute Gasteiger partial charge is 0.223 e. The minimum atomic E-state index is -0.488. The van der Waals surface area contributed by atoms with Gasteiger partial charge in [0.1, 0.15) is 22.0 Å². The van der Waals surface area contributed by atoms with E-state index >= 15 is 0 Å². The van der Waals surface area contributed by atoms with E-state index in [1.54, 1.807) is 6.07 Å². The van der Waals surface area contributed by atoms with Crippen LogP contribution in [-0.2, 0) is 5.41 Å². The maximum Gasteiger partial charge on any atom is 0.223 e. The van der Waals surface area contributed by atoms with Gasteiger partial charge in [0, 0.05) is 17.5 Å². The number of benzene rings is 1. The van der Waals surface area contributed by atoms with Crippen molar-refractivity contribution in [2.24, 2.45) is 0 Å². The predicted molar refractivity (Wildman–Crippen MR) is 79.9 cm³/mol. The highest BCUT2D eigenvalue weighted by Gasteiger charge is 2.19. The van der Waals surface area contributed by atoms with Crippen LogP contribution in [0.25, 0.3) is 0 Å². The molecule has 0 bridgehead atoms. The van der Waals surface area contributed by atoms with Gasteiger partial charge in [-0.15, -0.1) is 0 Å². The van der Waals surface area contributed by atoms with Crippen molar-refractivity contribution in [3.8, 4) is 11.6 Å². The Morgan fingerprint density at radius 3 is 2.50 bits per heavy atom. The molecule has 0 fully saturated rings. The van der Waals surface area contributed by atoms with Gasteiger partial charge in [0.25, 0.3) is 0 Å². The monoisotopic (exact) mass is 358 g/mol. The molecule has 0 radical (unpaired) electrons. The van der Waals surface area contributed by atoms with Gasteiger partial charge in [-0.25, -0.2) is 9.37 Å². The van der Waals surface area contributed by atoms with Gasteiger partial charge in [0.05, 0.1) is 5.02 Å². The summed E-state index contributed by atoms with van der Waals surface area (Å²) < 4.78 is 19.3. The highest BCUT2D eigenvalue weighted by Crippen LogP contribution is 2.28. The first-order valence-corrected chi connectivity index (χ1v) is 7.11. The maximum atomic E-state index is 13.1. The molecule has 1 aromatic carbocycles. The number of hydrogen-bond acceptors (Lipinski definition) is 3. The molecule has 20 heavy (non-hydrogen) atoms. The first-order valence-electron chi connectivity index (χ1n) is 5.94. The van der Waals surface area contributed by atoms with E-state index in [0.717, 1.165) is 0 Å². The Kier molecular flexibility index (Phi) is 4.30. The van der Waals surface area contributed by atoms with Crippen LogP contribution in [0.3, 0.4) is 0 Å². The maximum absolute atomic E-state index is 13.1. The molecule has 1 aromatic heterocycles. The zero-order valence-corrected chi connectivity index (χ0v) is 13.6. The van der Waals surface area contributed by atoms with E-state index in [-0.39, 0.29) is 10.4 Å². The minimum Gasteiger partial charge on any atom is -0.439 e. The van der Waals surface area contributed by atoms with E-state index in [9.17, 15) is 4.39 Å². The molecule has 6 heteroatoms. The van der Waals surface area contributed by atoms with Gasteiger partial charge in [-0.1, -0.05) is 32.4 Å². The summed E-state index contributed by atoms with van der Waals surface area (Å²) in [5.41, 5.74) is -0.206. The third kappa shape index (κ3) is 3.67. The van der Waals surface area contributed by atoms with E-state index in [4.69, 9.17) is 16.3 Å². The van der Waals surface area contributed by atoms with Crippen LogP contribution in [0, 0.1) is 5.82 Å². The molecule has 0 amide bonds. The summed E-state index contributed by atoms with van der Waals surface area (Å²) >= 11 is 9.05. The van der Waals surface area contributed by atoms with Crippen LogP contribution in [0.2, 0.25) is 5.02 Å². The van der Waals surface area contributed by atoms with Crippen LogP contribution in [0.1, 0.15) is 26.6 Å². The third-order valence-electron chi connectivity index (χ3n) is 2.46. The second-order valence-electron chi connectivity index (χ2n) is 5.28. The highest BCUT2D eigenvalue weighted by atomic mass is 79.9. The lowest BCUT2D eigenvalue weighted by Gasteiger charge is -2.17. The van der Waals surface area contributed by atoms with Crippen molar-refractivity contribution < 1.29 is 9.13 Å². The summed E-state index contributed by atoms with van der Waals surface area (Å²) in [6, 6.07) is 5.79. The summed E-state index contributed by atoms with van der Waals surface area (Å²) in [5.74, 6) is 0.953. The lowest BCUT2D eigenvalue weighted by molar-refractivity contribution is 0.443. The molecule has 0 aliphatic carbocycles. The fourth-order valence-corrected chi connectivity index (χ4v) is 1.98. The number of aromatic nitrogens is 2. The van der Waals surface area contributed by atoms with Crippen molar-refractivity contribution in [2.75, 3.05) is 0 Å². The first-order chi connectivity index (χ1) is 9.25. The lowest BCUT2D eigenvalue weighted by atomic mass is 9.96. The van der Waals surface area contributed by atoms with E-state index in [1.807, 2.05) is 20.8 Å². The second kappa shape index (κ2) is 5.66. The van der Waals surface area contributed by atoms with Crippen molar-refractivity contribution in [3.05, 3.63) is 45.5 Å². The van der Waals surface area contributed by atoms with Crippen molar-refractivity contribution in [3.63, 3.8) is 0 Å². The molecule has 0 aliphatic heterocycles. The van der Waals surface area contributed by atoms with Gasteiger partial charge in [-0.05, 0) is 28.1 Å². The minimum absolute atomic E-state index is 0.00617. The normalized spacial score (nSPS) is 11.5. The molecular formula is C14H13BrClFN2O. The molecule has 0 aliphatic rings. The molecule has 0 saturated heterocycles. The van der Waals surface area contributed by atoms with Crippen molar-refractivity contribution >= 4 is 27.5 Å². The Morgan fingerprint density at radius 2 is 1.90 bits per heavy atom. The number of nitrogens with zero attached hydrogens (tertiary/aromatic N) is 2.